The predicted octanol–water partition coefficient (Wildman–Crippen LogP) is 3.36. The van der Waals surface area contributed by atoms with Crippen LogP contribution in [0.25, 0.3) is 0 Å². The summed E-state index contributed by atoms with van der Waals surface area (Å²) in [5.41, 5.74) is 0. The molecule has 0 aliphatic heterocycles. The molecule has 21 heavy (non-hydrogen) atoms. The fourth-order valence-electron chi connectivity index (χ4n) is 1.28. The molecule has 0 aliphatic rings. The van der Waals surface area contributed by atoms with Gasteiger partial charge < -0.3 is 14.3 Å². The molecule has 0 rings (SSSR count). The lowest BCUT2D eigenvalue weighted by atomic mass is 10.2. The number of ketones is 1. The van der Waals surface area contributed by atoms with E-state index < -0.39 is 20.0 Å². The van der Waals surface area contributed by atoms with Crippen LogP contribution in [0.4, 0.5) is 0 Å². The molecule has 1 N–H and O–H groups in total. The standard InChI is InChI=1S/C15H28O5Si/c1-7-19-14(18)13(17)11-12(16)9-8-10-20-21(5,6)15(2,3)4/h11,17H,7-10H2,1-6H3. The van der Waals surface area contributed by atoms with Gasteiger partial charge in [-0.1, -0.05) is 20.8 Å². The lowest BCUT2D eigenvalue weighted by molar-refractivity contribution is -0.141. The van der Waals surface area contributed by atoms with Crippen LogP contribution < -0.4 is 0 Å². The Labute approximate surface area is 128 Å². The molecule has 0 fully saturated rings. The van der Waals surface area contributed by atoms with Crippen molar-refractivity contribution in [3.05, 3.63) is 11.8 Å². The van der Waals surface area contributed by atoms with Crippen molar-refractivity contribution in [2.24, 2.45) is 0 Å². The van der Waals surface area contributed by atoms with Gasteiger partial charge in [-0.15, -0.1) is 0 Å². The summed E-state index contributed by atoms with van der Waals surface area (Å²) in [5.74, 6) is -1.82. The summed E-state index contributed by atoms with van der Waals surface area (Å²) in [5, 5.41) is 9.49. The number of hydrogen-bond acceptors (Lipinski definition) is 5. The van der Waals surface area contributed by atoms with Crippen molar-refractivity contribution in [3.8, 4) is 0 Å². The highest BCUT2D eigenvalue weighted by atomic mass is 28.4. The highest BCUT2D eigenvalue weighted by molar-refractivity contribution is 6.74. The van der Waals surface area contributed by atoms with Crippen LogP contribution in [0, 0.1) is 0 Å². The van der Waals surface area contributed by atoms with Crippen LogP contribution in [0.15, 0.2) is 11.8 Å². The van der Waals surface area contributed by atoms with E-state index in [4.69, 9.17) is 4.43 Å². The van der Waals surface area contributed by atoms with Crippen molar-refractivity contribution < 1.29 is 23.9 Å². The van der Waals surface area contributed by atoms with Crippen LogP contribution in [0.1, 0.15) is 40.5 Å². The minimum Gasteiger partial charge on any atom is -0.502 e. The Bertz CT molecular complexity index is 393. The zero-order valence-electron chi connectivity index (χ0n) is 14.0. The van der Waals surface area contributed by atoms with Gasteiger partial charge in [-0.25, -0.2) is 4.79 Å². The molecule has 0 aromatic carbocycles. The van der Waals surface area contributed by atoms with E-state index in [2.05, 4.69) is 38.6 Å². The molecule has 0 unspecified atom stereocenters. The van der Waals surface area contributed by atoms with E-state index in [0.29, 0.717) is 13.0 Å². The van der Waals surface area contributed by atoms with Crippen LogP contribution >= 0.6 is 0 Å². The molecular formula is C15H28O5Si. The SMILES string of the molecule is CCOC(=O)C(O)=CC(=O)CCCO[Si](C)(C)C(C)(C)C. The molecule has 0 saturated carbocycles. The number of aliphatic hydroxyl groups is 1. The van der Waals surface area contributed by atoms with Crippen LogP contribution in [-0.2, 0) is 18.8 Å². The molecule has 0 amide bonds. The van der Waals surface area contributed by atoms with Crippen molar-refractivity contribution in [2.75, 3.05) is 13.2 Å². The Kier molecular flexibility index (Phi) is 7.88. The number of rotatable bonds is 8. The van der Waals surface area contributed by atoms with E-state index >= 15 is 0 Å². The van der Waals surface area contributed by atoms with E-state index in [9.17, 15) is 14.7 Å². The number of aliphatic hydroxyl groups excluding tert-OH is 1. The number of ether oxygens (including phenoxy) is 1. The highest BCUT2D eigenvalue weighted by Gasteiger charge is 2.36. The number of carbonyl (C=O) groups is 2. The Hall–Kier alpha value is -1.14. The van der Waals surface area contributed by atoms with Gasteiger partial charge >= 0.3 is 5.97 Å². The lowest BCUT2D eigenvalue weighted by Crippen LogP contribution is -2.41. The van der Waals surface area contributed by atoms with Crippen molar-refractivity contribution in [2.45, 2.75) is 58.7 Å². The summed E-state index contributed by atoms with van der Waals surface area (Å²) in [6.07, 6.45) is 1.72. The smallest absolute Gasteiger partial charge is 0.373 e. The molecule has 122 valence electrons. The number of carbonyl (C=O) groups excluding carboxylic acids is 2. The van der Waals surface area contributed by atoms with Crippen LogP contribution in [0.5, 0.6) is 0 Å². The molecule has 0 radical (unpaired) electrons. The van der Waals surface area contributed by atoms with Gasteiger partial charge in [0, 0.05) is 19.1 Å². The summed E-state index contributed by atoms with van der Waals surface area (Å²) >= 11 is 0. The molecule has 5 nitrogen and oxygen atoms in total. The van der Waals surface area contributed by atoms with Crippen molar-refractivity contribution >= 4 is 20.1 Å². The molecular weight excluding hydrogens is 288 g/mol. The van der Waals surface area contributed by atoms with Gasteiger partial charge in [0.1, 0.15) is 0 Å². The van der Waals surface area contributed by atoms with Crippen LogP contribution in [0.3, 0.4) is 0 Å². The second kappa shape index (κ2) is 8.34. The average Bonchev–Trinajstić information content (AvgIpc) is 2.33. The summed E-state index contributed by atoms with van der Waals surface area (Å²) in [6, 6.07) is 0. The van der Waals surface area contributed by atoms with Gasteiger partial charge in [0.2, 0.25) is 5.76 Å². The first-order chi connectivity index (χ1) is 9.51. The van der Waals surface area contributed by atoms with Crippen molar-refractivity contribution in [1.29, 1.82) is 0 Å². The number of allylic oxidation sites excluding steroid dienone is 1. The van der Waals surface area contributed by atoms with Crippen LogP contribution in [-0.4, -0.2) is 38.4 Å². The van der Waals surface area contributed by atoms with E-state index in [1.54, 1.807) is 6.92 Å². The minimum absolute atomic E-state index is 0.138. The third kappa shape index (κ3) is 7.43. The van der Waals surface area contributed by atoms with Gasteiger partial charge in [-0.3, -0.25) is 4.79 Å². The van der Waals surface area contributed by atoms with Crippen molar-refractivity contribution in [1.82, 2.24) is 0 Å². The summed E-state index contributed by atoms with van der Waals surface area (Å²) in [4.78, 5) is 22.7. The van der Waals surface area contributed by atoms with E-state index in [1.807, 2.05) is 0 Å². The Morgan fingerprint density at radius 1 is 1.24 bits per heavy atom. The fourth-order valence-corrected chi connectivity index (χ4v) is 2.37. The maximum atomic E-state index is 11.6. The average molecular weight is 316 g/mol. The Balaban J connectivity index is 4.17. The molecule has 0 aliphatic carbocycles. The highest BCUT2D eigenvalue weighted by Crippen LogP contribution is 2.36. The summed E-state index contributed by atoms with van der Waals surface area (Å²) in [7, 11) is -1.79. The maximum Gasteiger partial charge on any atom is 0.373 e. The molecule has 0 atom stereocenters. The summed E-state index contributed by atoms with van der Waals surface area (Å²) < 4.78 is 10.5. The van der Waals surface area contributed by atoms with Gasteiger partial charge in [-0.05, 0) is 31.5 Å². The molecule has 6 heteroatoms. The fraction of sp³-hybridized carbons (Fsp3) is 0.733. The lowest BCUT2D eigenvalue weighted by Gasteiger charge is -2.36. The quantitative estimate of drug-likeness (QED) is 0.244. The Morgan fingerprint density at radius 2 is 1.81 bits per heavy atom. The second-order valence-corrected chi connectivity index (χ2v) is 11.2. The largest absolute Gasteiger partial charge is 0.502 e. The van der Waals surface area contributed by atoms with E-state index in [1.165, 1.54) is 0 Å². The minimum atomic E-state index is -1.79. The molecule has 0 saturated heterocycles. The molecule has 0 spiro atoms. The molecule has 0 aromatic rings. The van der Waals surface area contributed by atoms with Gasteiger partial charge in [0.05, 0.1) is 6.61 Å². The van der Waals surface area contributed by atoms with Gasteiger partial charge in [-0.2, -0.15) is 0 Å². The number of esters is 1. The van der Waals surface area contributed by atoms with E-state index in [-0.39, 0.29) is 23.8 Å². The normalized spacial score (nSPS) is 13.1. The topological polar surface area (TPSA) is 72.8 Å². The second-order valence-electron chi connectivity index (χ2n) is 6.43. The number of hydrogen-bond donors (Lipinski definition) is 1. The van der Waals surface area contributed by atoms with Gasteiger partial charge in [0.15, 0.2) is 14.1 Å². The third-order valence-electron chi connectivity index (χ3n) is 3.62. The first-order valence-corrected chi connectivity index (χ1v) is 10.2. The first-order valence-electron chi connectivity index (χ1n) is 7.26. The maximum absolute atomic E-state index is 11.6. The predicted molar refractivity (Wildman–Crippen MR) is 84.7 cm³/mol. The zero-order valence-corrected chi connectivity index (χ0v) is 15.0. The Morgan fingerprint density at radius 3 is 2.29 bits per heavy atom. The third-order valence-corrected chi connectivity index (χ3v) is 8.16. The molecule has 0 heterocycles. The van der Waals surface area contributed by atoms with E-state index in [0.717, 1.165) is 6.08 Å². The van der Waals surface area contributed by atoms with Crippen molar-refractivity contribution in [3.63, 3.8) is 0 Å². The summed E-state index contributed by atoms with van der Waals surface area (Å²) in [6.45, 7) is 13.1. The molecule has 0 aromatic heterocycles. The zero-order chi connectivity index (χ0) is 16.7. The first kappa shape index (κ1) is 19.9. The monoisotopic (exact) mass is 316 g/mol. The van der Waals surface area contributed by atoms with Gasteiger partial charge in [0.25, 0.3) is 0 Å². The van der Waals surface area contributed by atoms with Crippen LogP contribution in [0.2, 0.25) is 18.1 Å². The molecule has 0 bridgehead atoms.